The molecule has 6 fully saturated rings. The number of imidazole rings is 2. The normalized spacial score (nSPS) is 36.4. The molecule has 0 radical (unpaired) electrons. The van der Waals surface area contributed by atoms with Gasteiger partial charge in [-0.1, -0.05) is 0 Å². The molecule has 6 unspecified atom stereocenters. The van der Waals surface area contributed by atoms with E-state index >= 15 is 0 Å². The molecular formula is C39H50N12O16. The summed E-state index contributed by atoms with van der Waals surface area (Å²) in [4.78, 5) is 78.8. The molecule has 4 aromatic rings. The van der Waals surface area contributed by atoms with Crippen molar-refractivity contribution in [3.05, 3.63) is 25.3 Å². The summed E-state index contributed by atoms with van der Waals surface area (Å²) in [6, 6.07) is 0. The molecule has 6 aliphatic heterocycles. The number of hydrogen-bond donors (Lipinski definition) is 6. The SMILES string of the molecule is CCOC1CC2(C)OC1(C(=O)OC)C(=O)N2C[C@H]1O[C@@H](n2cnc3c(N)ncnc32)[C@H](O)[C@@H]1O.CCOC1CC2OC1(C(=O)OC)C(=O)N2C[C@H]1O[C@@H](n2cnc3c(N)ncnc32)[C@H](O)[C@@H]1O. The highest BCUT2D eigenvalue weighted by Gasteiger charge is 2.75. The van der Waals surface area contributed by atoms with Crippen LogP contribution < -0.4 is 11.5 Å². The van der Waals surface area contributed by atoms with E-state index in [1.54, 1.807) is 20.8 Å². The summed E-state index contributed by atoms with van der Waals surface area (Å²) in [6.07, 6.45) is -6.06. The minimum atomic E-state index is -1.93. The van der Waals surface area contributed by atoms with Gasteiger partial charge in [-0.3, -0.25) is 18.7 Å². The lowest BCUT2D eigenvalue weighted by Gasteiger charge is -2.38. The highest BCUT2D eigenvalue weighted by atomic mass is 16.7. The molecule has 10 heterocycles. The molecule has 6 aliphatic rings. The number of aromatic nitrogens is 8. The van der Waals surface area contributed by atoms with E-state index in [0.29, 0.717) is 22.3 Å². The summed E-state index contributed by atoms with van der Waals surface area (Å²) in [6.45, 7) is 5.46. The van der Waals surface area contributed by atoms with Crippen molar-refractivity contribution in [3.63, 3.8) is 0 Å². The summed E-state index contributed by atoms with van der Waals surface area (Å²) >= 11 is 0. The zero-order valence-electron chi connectivity index (χ0n) is 36.7. The predicted molar refractivity (Wildman–Crippen MR) is 219 cm³/mol. The van der Waals surface area contributed by atoms with E-state index in [9.17, 15) is 39.6 Å². The number of likely N-dealkylation sites (tertiary alicyclic amines) is 2. The average molecular weight is 943 g/mol. The number of fused-ring (bicyclic) bond motifs is 6. The van der Waals surface area contributed by atoms with E-state index in [1.807, 2.05) is 0 Å². The van der Waals surface area contributed by atoms with Crippen LogP contribution >= 0.6 is 0 Å². The highest BCUT2D eigenvalue weighted by molar-refractivity contribution is 6.10. The van der Waals surface area contributed by atoms with E-state index in [2.05, 4.69) is 29.9 Å². The highest BCUT2D eigenvalue weighted by Crippen LogP contribution is 2.51. The minimum absolute atomic E-state index is 0.125. The molecule has 28 heteroatoms. The molecule has 67 heavy (non-hydrogen) atoms. The number of amides is 2. The lowest BCUT2D eigenvalue weighted by atomic mass is 9.88. The third-order valence-corrected chi connectivity index (χ3v) is 13.1. The number of nitrogens with zero attached hydrogens (tertiary/aromatic N) is 10. The zero-order chi connectivity index (χ0) is 47.9. The Kier molecular flexibility index (Phi) is 11.8. The molecule has 10 rings (SSSR count). The number of anilines is 2. The number of hydrogen-bond acceptors (Lipinski definition) is 24. The van der Waals surface area contributed by atoms with E-state index in [-0.39, 0.29) is 50.8 Å². The van der Waals surface area contributed by atoms with Crippen molar-refractivity contribution in [2.45, 2.75) is 118 Å². The Bertz CT molecular complexity index is 2580. The van der Waals surface area contributed by atoms with Crippen LogP contribution in [0.1, 0.15) is 46.1 Å². The van der Waals surface area contributed by atoms with Gasteiger partial charge in [0, 0.05) is 26.1 Å². The Morgan fingerprint density at radius 2 is 1.24 bits per heavy atom. The third-order valence-electron chi connectivity index (χ3n) is 13.1. The fourth-order valence-corrected chi connectivity index (χ4v) is 9.89. The van der Waals surface area contributed by atoms with Gasteiger partial charge in [-0.15, -0.1) is 0 Å². The predicted octanol–water partition coefficient (Wildman–Crippen LogP) is -3.74. The van der Waals surface area contributed by atoms with Crippen molar-refractivity contribution >= 4 is 57.7 Å². The second-order valence-electron chi connectivity index (χ2n) is 16.8. The van der Waals surface area contributed by atoms with Crippen molar-refractivity contribution in [3.8, 4) is 0 Å². The van der Waals surface area contributed by atoms with Crippen molar-refractivity contribution in [2.24, 2.45) is 0 Å². The number of piperidine rings is 2. The standard InChI is InChI=1S/C20H26N6O8.C19H24N6O8/c1-4-32-10-5-19(2)26(17(29)20(10,34-19)18(30)31-3)6-9-12(27)13(28)16(33-9)25-8-24-11-14(21)22-7-23-15(11)25;1-3-31-9-4-10-24(17(28)19(9,33-10)18(29)30-2)5-8-12(26)13(27)16(32-8)25-7-23-11-14(20)21-6-22-15(11)25/h7-10,12-13,16,27-28H,4-6H2,1-3H3,(H2,21,22,23);6-10,12-13,16,26-27H,3-5H2,1-2H3,(H2,20,21,22)/t9-,10?,12-,13-,16-,19?,20?;8-,9?,10?,12-,13-,16-,19?/m11/s1. The molecule has 28 nitrogen and oxygen atoms in total. The van der Waals surface area contributed by atoms with Crippen molar-refractivity contribution in [1.29, 1.82) is 0 Å². The molecule has 0 aromatic carbocycles. The number of nitrogen functional groups attached to an aromatic ring is 2. The number of carbonyl (C=O) groups excluding carboxylic acids is 4. The number of carbonyl (C=O) groups is 4. The molecule has 4 aromatic heterocycles. The Morgan fingerprint density at radius 1 is 0.731 bits per heavy atom. The maximum atomic E-state index is 13.5. The van der Waals surface area contributed by atoms with Crippen LogP contribution in [0.25, 0.3) is 22.3 Å². The number of esters is 2. The summed E-state index contributed by atoms with van der Waals surface area (Å²) in [7, 11) is 2.34. The molecular weight excluding hydrogens is 892 g/mol. The first-order chi connectivity index (χ1) is 32.0. The minimum Gasteiger partial charge on any atom is -0.466 e. The fraction of sp³-hybridized carbons (Fsp3) is 0.641. The first kappa shape index (κ1) is 46.3. The summed E-state index contributed by atoms with van der Waals surface area (Å²) < 4.78 is 47.4. The number of rotatable bonds is 12. The van der Waals surface area contributed by atoms with Crippen LogP contribution in [0.15, 0.2) is 25.3 Å². The van der Waals surface area contributed by atoms with E-state index in [1.165, 1.54) is 58.5 Å². The Labute approximate surface area is 378 Å². The van der Waals surface area contributed by atoms with Gasteiger partial charge >= 0.3 is 11.9 Å². The van der Waals surface area contributed by atoms with Crippen molar-refractivity contribution in [2.75, 3.05) is 52.0 Å². The molecule has 362 valence electrons. The van der Waals surface area contributed by atoms with Gasteiger partial charge in [0.2, 0.25) is 0 Å². The van der Waals surface area contributed by atoms with Crippen LogP contribution in [0.4, 0.5) is 11.6 Å². The Morgan fingerprint density at radius 3 is 1.76 bits per heavy atom. The average Bonchev–Trinajstić information content (AvgIpc) is 4.20. The van der Waals surface area contributed by atoms with Crippen LogP contribution in [-0.2, 0) is 57.1 Å². The quantitative estimate of drug-likeness (QED) is 0.0587. The van der Waals surface area contributed by atoms with Gasteiger partial charge in [-0.2, -0.15) is 0 Å². The first-order valence-corrected chi connectivity index (χ1v) is 21.3. The lowest BCUT2D eigenvalue weighted by molar-refractivity contribution is -0.178. The van der Waals surface area contributed by atoms with Gasteiger partial charge in [0.15, 0.2) is 35.4 Å². The second-order valence-corrected chi connectivity index (χ2v) is 16.8. The maximum Gasteiger partial charge on any atom is 0.351 e. The zero-order valence-corrected chi connectivity index (χ0v) is 36.7. The number of methoxy groups -OCH3 is 2. The van der Waals surface area contributed by atoms with E-state index in [4.69, 9.17) is 49.4 Å². The van der Waals surface area contributed by atoms with E-state index in [0.717, 1.165) is 0 Å². The summed E-state index contributed by atoms with van der Waals surface area (Å²) in [5.74, 6) is -2.65. The number of aliphatic hydroxyl groups excluding tert-OH is 4. The van der Waals surface area contributed by atoms with Gasteiger partial charge in [0.1, 0.15) is 84.5 Å². The summed E-state index contributed by atoms with van der Waals surface area (Å²) in [5, 5.41) is 42.8. The molecule has 0 saturated carbocycles. The fourth-order valence-electron chi connectivity index (χ4n) is 9.89. The van der Waals surface area contributed by atoms with Gasteiger partial charge in [-0.25, -0.2) is 39.5 Å². The van der Waals surface area contributed by atoms with Gasteiger partial charge < -0.3 is 79.6 Å². The Balaban J connectivity index is 0.000000168. The van der Waals surface area contributed by atoms with E-state index < -0.39 is 108 Å². The molecule has 2 amide bonds. The van der Waals surface area contributed by atoms with Crippen LogP contribution in [0.5, 0.6) is 0 Å². The number of ether oxygens (including phenoxy) is 8. The summed E-state index contributed by atoms with van der Waals surface area (Å²) in [5.41, 5.74) is 7.91. The van der Waals surface area contributed by atoms with Gasteiger partial charge in [0.05, 0.1) is 40.0 Å². The van der Waals surface area contributed by atoms with Gasteiger partial charge in [0.25, 0.3) is 23.0 Å². The van der Waals surface area contributed by atoms with Crippen LogP contribution in [0.3, 0.4) is 0 Å². The topological polar surface area (TPSA) is 369 Å². The smallest absolute Gasteiger partial charge is 0.351 e. The molecule has 4 bridgehead atoms. The van der Waals surface area contributed by atoms with Crippen LogP contribution in [0, 0.1) is 0 Å². The van der Waals surface area contributed by atoms with Crippen LogP contribution in [-0.4, -0.2) is 206 Å². The maximum absolute atomic E-state index is 13.5. The Hall–Kier alpha value is -5.82. The van der Waals surface area contributed by atoms with Crippen molar-refractivity contribution < 1.29 is 77.5 Å². The lowest BCUT2D eigenvalue weighted by Crippen LogP contribution is -2.61. The molecule has 8 N–H and O–H groups in total. The number of nitrogens with two attached hydrogens (primary N) is 2. The second kappa shape index (κ2) is 17.1. The molecule has 0 aliphatic carbocycles. The van der Waals surface area contributed by atoms with Crippen molar-refractivity contribution in [1.82, 2.24) is 48.8 Å². The monoisotopic (exact) mass is 942 g/mol. The first-order valence-electron chi connectivity index (χ1n) is 21.3. The van der Waals surface area contributed by atoms with Gasteiger partial charge in [-0.05, 0) is 20.8 Å². The number of aliphatic hydroxyl groups is 4. The molecule has 6 saturated heterocycles. The van der Waals surface area contributed by atoms with Crippen LogP contribution in [0.2, 0.25) is 0 Å². The molecule has 14 atom stereocenters. The third kappa shape index (κ3) is 6.87. The molecule has 0 spiro atoms. The largest absolute Gasteiger partial charge is 0.466 e.